The molecule has 0 unspecified atom stereocenters. The summed E-state index contributed by atoms with van der Waals surface area (Å²) in [6.45, 7) is 4.57. The van der Waals surface area contributed by atoms with Gasteiger partial charge in [-0.25, -0.2) is 0 Å². The Kier molecular flexibility index (Phi) is 7.05. The van der Waals surface area contributed by atoms with Gasteiger partial charge in [0.2, 0.25) is 5.91 Å². The molecular formula is C28H28N6O. The van der Waals surface area contributed by atoms with Gasteiger partial charge in [-0.05, 0) is 35.9 Å². The Balaban J connectivity index is 1.26. The summed E-state index contributed by atoms with van der Waals surface area (Å²) in [5.74, 6) is 0.0235. The number of benzene rings is 1. The molecule has 4 aromatic rings. The number of carbonyl (C=O) groups excluding carboxylic acids is 1. The van der Waals surface area contributed by atoms with Crippen molar-refractivity contribution in [2.45, 2.75) is 13.1 Å². The Morgan fingerprint density at radius 1 is 0.886 bits per heavy atom. The van der Waals surface area contributed by atoms with Crippen molar-refractivity contribution in [2.75, 3.05) is 26.2 Å². The van der Waals surface area contributed by atoms with E-state index in [0.29, 0.717) is 19.6 Å². The topological polar surface area (TPSA) is 67.2 Å². The molecule has 0 radical (unpaired) electrons. The van der Waals surface area contributed by atoms with E-state index in [1.54, 1.807) is 18.5 Å². The van der Waals surface area contributed by atoms with E-state index < -0.39 is 0 Å². The van der Waals surface area contributed by atoms with Crippen molar-refractivity contribution in [2.24, 2.45) is 0 Å². The lowest BCUT2D eigenvalue weighted by Crippen LogP contribution is -2.47. The van der Waals surface area contributed by atoms with E-state index in [9.17, 15) is 4.79 Å². The number of nitrogens with zero attached hydrogens (tertiary/aromatic N) is 6. The van der Waals surface area contributed by atoms with E-state index in [1.165, 1.54) is 5.56 Å². The normalized spacial score (nSPS) is 14.5. The third kappa shape index (κ3) is 5.88. The van der Waals surface area contributed by atoms with Gasteiger partial charge in [0.25, 0.3) is 0 Å². The molecule has 1 saturated heterocycles. The summed E-state index contributed by atoms with van der Waals surface area (Å²) in [5, 5.41) is 4.80. The third-order valence-corrected chi connectivity index (χ3v) is 6.11. The zero-order valence-electron chi connectivity index (χ0n) is 19.6. The second kappa shape index (κ2) is 10.9. The summed E-state index contributed by atoms with van der Waals surface area (Å²) in [7, 11) is 0. The molecule has 5 rings (SSSR count). The molecule has 0 aliphatic carbocycles. The van der Waals surface area contributed by atoms with Gasteiger partial charge in [0.05, 0.1) is 12.2 Å². The van der Waals surface area contributed by atoms with Crippen LogP contribution in [0.2, 0.25) is 0 Å². The molecule has 0 saturated carbocycles. The summed E-state index contributed by atoms with van der Waals surface area (Å²) in [6, 6.07) is 20.1. The first-order valence-electron chi connectivity index (χ1n) is 11.9. The molecule has 0 bridgehead atoms. The maximum Gasteiger partial charge on any atom is 0.246 e. The minimum absolute atomic E-state index is 0.0235. The monoisotopic (exact) mass is 464 g/mol. The Labute approximate surface area is 205 Å². The highest BCUT2D eigenvalue weighted by molar-refractivity contribution is 5.92. The Bertz CT molecular complexity index is 1260. The second-order valence-corrected chi connectivity index (χ2v) is 8.61. The second-order valence-electron chi connectivity index (χ2n) is 8.61. The van der Waals surface area contributed by atoms with Gasteiger partial charge < -0.3 is 4.90 Å². The molecule has 0 atom stereocenters. The number of aromatic nitrogens is 4. The Hall–Kier alpha value is -4.10. The lowest BCUT2D eigenvalue weighted by molar-refractivity contribution is -0.127. The molecule has 1 aliphatic rings. The van der Waals surface area contributed by atoms with E-state index in [4.69, 9.17) is 5.10 Å². The quantitative estimate of drug-likeness (QED) is 0.390. The van der Waals surface area contributed by atoms with Crippen molar-refractivity contribution in [3.63, 3.8) is 0 Å². The zero-order chi connectivity index (χ0) is 23.9. The van der Waals surface area contributed by atoms with Crippen LogP contribution in [0, 0.1) is 0 Å². The number of hydrogen-bond acceptors (Lipinski definition) is 5. The van der Waals surface area contributed by atoms with E-state index in [2.05, 4.69) is 27.0 Å². The lowest BCUT2D eigenvalue weighted by Gasteiger charge is -2.34. The van der Waals surface area contributed by atoms with Gasteiger partial charge in [-0.3, -0.25) is 24.3 Å². The summed E-state index contributed by atoms with van der Waals surface area (Å²) in [4.78, 5) is 25.8. The molecule has 4 heterocycles. The van der Waals surface area contributed by atoms with Crippen LogP contribution in [0.15, 0.2) is 91.5 Å². The highest BCUT2D eigenvalue weighted by atomic mass is 16.2. The van der Waals surface area contributed by atoms with Crippen LogP contribution in [0.25, 0.3) is 17.3 Å². The minimum Gasteiger partial charge on any atom is -0.337 e. The first-order chi connectivity index (χ1) is 17.2. The highest BCUT2D eigenvalue weighted by Gasteiger charge is 2.20. The standard InChI is InChI=1S/C28H28N6O/c35-27(33-17-15-32(16-18-33)22-26-10-4-5-14-30-26)12-11-25-21-34(20-23-7-2-1-3-8-23)31-28(25)24-9-6-13-29-19-24/h1-14,19,21H,15-18,20,22H2. The molecule has 1 aromatic carbocycles. The molecular weight excluding hydrogens is 436 g/mol. The number of carbonyl (C=O) groups is 1. The van der Waals surface area contributed by atoms with Gasteiger partial charge in [0, 0.05) is 74.7 Å². The number of piperazine rings is 1. The first-order valence-corrected chi connectivity index (χ1v) is 11.9. The maximum absolute atomic E-state index is 13.0. The average molecular weight is 465 g/mol. The number of hydrogen-bond donors (Lipinski definition) is 0. The Morgan fingerprint density at radius 3 is 2.46 bits per heavy atom. The van der Waals surface area contributed by atoms with E-state index in [1.807, 2.05) is 76.6 Å². The number of pyridine rings is 2. The van der Waals surface area contributed by atoms with Gasteiger partial charge in [-0.15, -0.1) is 0 Å². The summed E-state index contributed by atoms with van der Waals surface area (Å²) in [5.41, 5.74) is 4.87. The van der Waals surface area contributed by atoms with Crippen LogP contribution in [-0.4, -0.2) is 61.6 Å². The van der Waals surface area contributed by atoms with Gasteiger partial charge >= 0.3 is 0 Å². The molecule has 1 amide bonds. The predicted octanol–water partition coefficient (Wildman–Crippen LogP) is 3.75. The zero-order valence-corrected chi connectivity index (χ0v) is 19.6. The SMILES string of the molecule is O=C(C=Cc1cn(Cc2ccccc2)nc1-c1cccnc1)N1CCN(Cc2ccccn2)CC1. The summed E-state index contributed by atoms with van der Waals surface area (Å²) in [6.07, 6.45) is 10.9. The maximum atomic E-state index is 13.0. The molecule has 0 N–H and O–H groups in total. The van der Waals surface area contributed by atoms with E-state index in [-0.39, 0.29) is 5.91 Å². The van der Waals surface area contributed by atoms with Crippen molar-refractivity contribution >= 4 is 12.0 Å². The molecule has 1 aliphatic heterocycles. The number of amides is 1. The van der Waals surface area contributed by atoms with Crippen molar-refractivity contribution in [3.05, 3.63) is 108 Å². The van der Waals surface area contributed by atoms with Gasteiger partial charge in [-0.2, -0.15) is 5.10 Å². The first kappa shape index (κ1) is 22.7. The van der Waals surface area contributed by atoms with E-state index in [0.717, 1.165) is 42.1 Å². The van der Waals surface area contributed by atoms with Gasteiger partial charge in [0.1, 0.15) is 5.69 Å². The molecule has 1 fully saturated rings. The largest absolute Gasteiger partial charge is 0.337 e. The van der Waals surface area contributed by atoms with Crippen molar-refractivity contribution < 1.29 is 4.79 Å². The molecule has 7 heteroatoms. The summed E-state index contributed by atoms with van der Waals surface area (Å²) < 4.78 is 1.91. The van der Waals surface area contributed by atoms with Crippen LogP contribution in [0.3, 0.4) is 0 Å². The molecule has 0 spiro atoms. The number of rotatable bonds is 7. The van der Waals surface area contributed by atoms with Crippen LogP contribution in [0.4, 0.5) is 0 Å². The van der Waals surface area contributed by atoms with Crippen molar-refractivity contribution in [1.82, 2.24) is 29.5 Å². The van der Waals surface area contributed by atoms with Crippen molar-refractivity contribution in [3.8, 4) is 11.3 Å². The van der Waals surface area contributed by atoms with Crippen LogP contribution in [0.1, 0.15) is 16.8 Å². The van der Waals surface area contributed by atoms with Crippen molar-refractivity contribution in [1.29, 1.82) is 0 Å². The molecule has 176 valence electrons. The van der Waals surface area contributed by atoms with Gasteiger partial charge in [0.15, 0.2) is 0 Å². The molecule has 35 heavy (non-hydrogen) atoms. The van der Waals surface area contributed by atoms with Crippen LogP contribution in [-0.2, 0) is 17.9 Å². The smallest absolute Gasteiger partial charge is 0.246 e. The Morgan fingerprint density at radius 2 is 1.71 bits per heavy atom. The van der Waals surface area contributed by atoms with E-state index >= 15 is 0 Å². The predicted molar refractivity (Wildman–Crippen MR) is 136 cm³/mol. The third-order valence-electron chi connectivity index (χ3n) is 6.11. The lowest BCUT2D eigenvalue weighted by atomic mass is 10.1. The minimum atomic E-state index is 0.0235. The average Bonchev–Trinajstić information content (AvgIpc) is 3.32. The molecule has 7 nitrogen and oxygen atoms in total. The molecule has 3 aromatic heterocycles. The fourth-order valence-electron chi connectivity index (χ4n) is 4.25. The fourth-order valence-corrected chi connectivity index (χ4v) is 4.25. The fraction of sp³-hybridized carbons (Fsp3) is 0.214. The van der Waals surface area contributed by atoms with Crippen LogP contribution >= 0.6 is 0 Å². The van der Waals surface area contributed by atoms with Gasteiger partial charge in [-0.1, -0.05) is 36.4 Å². The van der Waals surface area contributed by atoms with Crippen LogP contribution in [0.5, 0.6) is 0 Å². The van der Waals surface area contributed by atoms with Crippen LogP contribution < -0.4 is 0 Å². The highest BCUT2D eigenvalue weighted by Crippen LogP contribution is 2.23. The summed E-state index contributed by atoms with van der Waals surface area (Å²) >= 11 is 0.